The zero-order valence-corrected chi connectivity index (χ0v) is 25.7. The van der Waals surface area contributed by atoms with E-state index in [1.165, 1.54) is 12.1 Å². The number of carbonyl (C=O) groups is 2. The predicted molar refractivity (Wildman–Crippen MR) is 161 cm³/mol. The van der Waals surface area contributed by atoms with Crippen LogP contribution in [-0.2, 0) is 16.0 Å². The molecule has 0 spiro atoms. The zero-order chi connectivity index (χ0) is 30.2. The van der Waals surface area contributed by atoms with Gasteiger partial charge in [0.15, 0.2) is 5.65 Å². The van der Waals surface area contributed by atoms with E-state index in [1.807, 2.05) is 40.0 Å². The Morgan fingerprint density at radius 3 is 2.69 bits per heavy atom. The van der Waals surface area contributed by atoms with Gasteiger partial charge in [-0.1, -0.05) is 11.6 Å². The molecule has 2 saturated heterocycles. The quantitative estimate of drug-likeness (QED) is 0.328. The van der Waals surface area contributed by atoms with Crippen molar-refractivity contribution in [3.63, 3.8) is 0 Å². The molecule has 5 rings (SSSR count). The fourth-order valence-corrected chi connectivity index (χ4v) is 5.97. The minimum absolute atomic E-state index is 0.227. The summed E-state index contributed by atoms with van der Waals surface area (Å²) < 4.78 is 30.3. The summed E-state index contributed by atoms with van der Waals surface area (Å²) in [5.41, 5.74) is 2.32. The van der Waals surface area contributed by atoms with Gasteiger partial charge < -0.3 is 19.9 Å². The maximum Gasteiger partial charge on any atom is 0.407 e. The number of likely N-dealkylation sites (tertiary alicyclic amines) is 1. The fraction of sp³-hybridized carbons (Fsp3) is 0.500. The molecule has 2 aliphatic heterocycles. The van der Waals surface area contributed by atoms with Crippen LogP contribution in [0.2, 0.25) is 5.02 Å². The van der Waals surface area contributed by atoms with Gasteiger partial charge in [0, 0.05) is 54.9 Å². The number of nitrogens with one attached hydrogen (secondary N) is 2. The van der Waals surface area contributed by atoms with Crippen LogP contribution in [0.25, 0.3) is 5.65 Å². The third kappa shape index (κ3) is 6.79. The van der Waals surface area contributed by atoms with Crippen LogP contribution in [0.4, 0.5) is 16.3 Å². The highest BCUT2D eigenvalue weighted by Crippen LogP contribution is 2.34. The number of benzene rings is 1. The van der Waals surface area contributed by atoms with Crippen LogP contribution >= 0.6 is 11.6 Å². The molecule has 12 nitrogen and oxygen atoms in total. The minimum Gasteiger partial charge on any atom is -0.444 e. The van der Waals surface area contributed by atoms with E-state index in [4.69, 9.17) is 26.4 Å². The van der Waals surface area contributed by atoms with Crippen molar-refractivity contribution in [3.8, 4) is 0 Å². The normalized spacial score (nSPS) is 18.5. The van der Waals surface area contributed by atoms with Crippen LogP contribution < -0.4 is 14.9 Å². The predicted octanol–water partition coefficient (Wildman–Crippen LogP) is 4.57. The molecule has 0 bridgehead atoms. The number of carbonyl (C=O) groups excluding carboxylic acids is 2. The van der Waals surface area contributed by atoms with Crippen molar-refractivity contribution in [2.75, 3.05) is 35.8 Å². The van der Waals surface area contributed by atoms with Crippen LogP contribution in [0.3, 0.4) is 0 Å². The van der Waals surface area contributed by atoms with Gasteiger partial charge in [-0.15, -0.1) is 0 Å². The first-order valence-electron chi connectivity index (χ1n) is 13.9. The highest BCUT2D eigenvalue weighted by atomic mass is 35.5. The number of halogens is 1. The summed E-state index contributed by atoms with van der Waals surface area (Å²) in [6, 6.07) is 6.23. The Morgan fingerprint density at radius 1 is 1.21 bits per heavy atom. The Kier molecular flexibility index (Phi) is 8.63. The molecule has 42 heavy (non-hydrogen) atoms. The van der Waals surface area contributed by atoms with Crippen molar-refractivity contribution in [2.45, 2.75) is 58.6 Å². The zero-order valence-electron chi connectivity index (χ0n) is 24.1. The fourth-order valence-electron chi connectivity index (χ4n) is 5.43. The van der Waals surface area contributed by atoms with E-state index >= 15 is 0 Å². The molecule has 0 saturated carbocycles. The monoisotopic (exact) mass is 617 g/mol. The van der Waals surface area contributed by atoms with E-state index in [0.29, 0.717) is 29.7 Å². The Bertz CT molecular complexity index is 1520. The van der Waals surface area contributed by atoms with Gasteiger partial charge in [0.1, 0.15) is 11.4 Å². The number of hydrogen-bond donors (Lipinski definition) is 3. The summed E-state index contributed by atoms with van der Waals surface area (Å²) in [5, 5.41) is 8.00. The minimum atomic E-state index is -2.34. The summed E-state index contributed by atoms with van der Waals surface area (Å²) in [6.07, 6.45) is 4.04. The Hall–Kier alpha value is -3.42. The maximum absolute atomic E-state index is 13.7. The first-order valence-corrected chi connectivity index (χ1v) is 15.4. The summed E-state index contributed by atoms with van der Waals surface area (Å²) in [7, 11) is 0. The maximum atomic E-state index is 13.7. The van der Waals surface area contributed by atoms with Gasteiger partial charge >= 0.3 is 6.09 Å². The molecule has 226 valence electrons. The Balaban J connectivity index is 1.31. The van der Waals surface area contributed by atoms with Gasteiger partial charge in [-0.2, -0.15) is 5.10 Å². The van der Waals surface area contributed by atoms with E-state index in [2.05, 4.69) is 14.9 Å². The lowest BCUT2D eigenvalue weighted by Crippen LogP contribution is -2.52. The average molecular weight is 618 g/mol. The number of ether oxygens (including phenoxy) is 1. The summed E-state index contributed by atoms with van der Waals surface area (Å²) in [5.74, 6) is 0.876. The standard InChI is InChI=1S/C28H36ClN7O5S/c1-17-14-36-24(31-25(17)34-15-18(16-34)13-30-27(38)41-28(2,3)4)12-22(32-36)23-7-5-6-10-35(23)26(37)20-11-19(29)8-9-21(20)33-42(39)40/h8-9,11-12,14,18,23,33H,5-7,10,13,15-16H2,1-4H3,(H,30,38)(H,39,40)/t23-/m0/s1. The molecule has 14 heteroatoms. The number of anilines is 2. The number of amides is 2. The molecule has 2 aliphatic rings. The molecule has 4 heterocycles. The molecule has 1 unspecified atom stereocenters. The highest BCUT2D eigenvalue weighted by molar-refractivity contribution is 7.80. The summed E-state index contributed by atoms with van der Waals surface area (Å²) in [6.45, 7) is 10.1. The third-order valence-electron chi connectivity index (χ3n) is 7.33. The smallest absolute Gasteiger partial charge is 0.407 e. The lowest BCUT2D eigenvalue weighted by Gasteiger charge is -2.40. The van der Waals surface area contributed by atoms with E-state index in [9.17, 15) is 18.4 Å². The van der Waals surface area contributed by atoms with E-state index < -0.39 is 23.0 Å². The number of aromatic nitrogens is 3. The van der Waals surface area contributed by atoms with Gasteiger partial charge in [0.2, 0.25) is 0 Å². The number of hydrogen-bond acceptors (Lipinski definition) is 7. The van der Waals surface area contributed by atoms with Crippen LogP contribution in [0.5, 0.6) is 0 Å². The van der Waals surface area contributed by atoms with Gasteiger partial charge in [0.25, 0.3) is 17.2 Å². The highest BCUT2D eigenvalue weighted by Gasteiger charge is 2.33. The summed E-state index contributed by atoms with van der Waals surface area (Å²) >= 11 is 3.85. The number of aryl methyl sites for hydroxylation is 1. The molecular formula is C28H36ClN7O5S. The second-order valence-electron chi connectivity index (χ2n) is 11.8. The van der Waals surface area contributed by atoms with Crippen molar-refractivity contribution >= 4 is 52.0 Å². The Labute approximate surface area is 252 Å². The second-order valence-corrected chi connectivity index (χ2v) is 13.0. The van der Waals surface area contributed by atoms with E-state index in [1.54, 1.807) is 15.5 Å². The molecule has 0 aliphatic carbocycles. The molecule has 3 N–H and O–H groups in total. The number of alkyl carbamates (subject to hydrolysis) is 1. The van der Waals surface area contributed by atoms with Crippen LogP contribution in [0, 0.1) is 12.8 Å². The molecule has 0 radical (unpaired) electrons. The third-order valence-corrected chi connectivity index (χ3v) is 7.96. The number of fused-ring (bicyclic) bond motifs is 1. The molecule has 1 aromatic carbocycles. The SMILES string of the molecule is Cc1cn2nc([C@@H]3CCCCN3C(=O)c3cc(Cl)ccc3NS(=O)O)cc2nc1N1CC(CNC(=O)OC(C)(C)C)C1. The van der Waals surface area contributed by atoms with Crippen molar-refractivity contribution in [2.24, 2.45) is 5.92 Å². The molecule has 2 atom stereocenters. The van der Waals surface area contributed by atoms with Crippen LogP contribution in [0.15, 0.2) is 30.5 Å². The van der Waals surface area contributed by atoms with E-state index in [-0.39, 0.29) is 23.2 Å². The van der Waals surface area contributed by atoms with Crippen LogP contribution in [-0.4, -0.2) is 72.0 Å². The van der Waals surface area contributed by atoms with Gasteiger partial charge in [0.05, 0.1) is 23.0 Å². The first-order chi connectivity index (χ1) is 19.9. The Morgan fingerprint density at radius 2 is 1.98 bits per heavy atom. The lowest BCUT2D eigenvalue weighted by atomic mass is 9.98. The molecular weight excluding hydrogens is 582 g/mol. The largest absolute Gasteiger partial charge is 0.444 e. The summed E-state index contributed by atoms with van der Waals surface area (Å²) in [4.78, 5) is 34.6. The first kappa shape index (κ1) is 30.1. The second kappa shape index (κ2) is 12.1. The van der Waals surface area contributed by atoms with Crippen LogP contribution in [0.1, 0.15) is 67.7 Å². The van der Waals surface area contributed by atoms with Gasteiger partial charge in [-0.05, 0) is 65.2 Å². The van der Waals surface area contributed by atoms with Gasteiger partial charge in [-0.25, -0.2) is 18.5 Å². The molecule has 2 fully saturated rings. The molecule has 2 aromatic heterocycles. The number of rotatable bonds is 7. The average Bonchev–Trinajstić information content (AvgIpc) is 3.29. The van der Waals surface area contributed by atoms with Gasteiger partial charge in [-0.3, -0.25) is 14.1 Å². The van der Waals surface area contributed by atoms with Crippen molar-refractivity contribution in [1.29, 1.82) is 0 Å². The lowest BCUT2D eigenvalue weighted by molar-refractivity contribution is 0.0515. The van der Waals surface area contributed by atoms with E-state index in [0.717, 1.165) is 49.4 Å². The van der Waals surface area contributed by atoms with Crippen molar-refractivity contribution in [3.05, 3.63) is 52.3 Å². The number of nitrogens with zero attached hydrogens (tertiary/aromatic N) is 5. The molecule has 3 aromatic rings. The molecule has 2 amide bonds. The van der Waals surface area contributed by atoms with Crippen molar-refractivity contribution < 1.29 is 23.1 Å². The topological polar surface area (TPSA) is 141 Å². The number of piperidine rings is 1. The van der Waals surface area contributed by atoms with Crippen molar-refractivity contribution in [1.82, 2.24) is 24.8 Å².